The summed E-state index contributed by atoms with van der Waals surface area (Å²) in [5.41, 5.74) is 2.38. The summed E-state index contributed by atoms with van der Waals surface area (Å²) in [6.45, 7) is 3.29. The molecule has 3 heteroatoms. The Balaban J connectivity index is 2.82. The van der Waals surface area contributed by atoms with Crippen LogP contribution in [0.3, 0.4) is 0 Å². The first-order valence-electron chi connectivity index (χ1n) is 1.84. The van der Waals surface area contributed by atoms with Gasteiger partial charge in [-0.3, -0.25) is 4.99 Å². The zero-order valence-corrected chi connectivity index (χ0v) is 4.22. The third kappa shape index (κ3) is 5.01. The van der Waals surface area contributed by atoms with Crippen molar-refractivity contribution in [2.24, 2.45) is 4.99 Å². The van der Waals surface area contributed by atoms with E-state index in [0.717, 1.165) is 0 Å². The van der Waals surface area contributed by atoms with Crippen LogP contribution in [0.25, 0.3) is 0 Å². The Morgan fingerprint density at radius 2 is 2.57 bits per heavy atom. The minimum absolute atomic E-state index is 1.28. The van der Waals surface area contributed by atoms with Crippen molar-refractivity contribution in [1.29, 1.82) is 0 Å². The van der Waals surface area contributed by atoms with Gasteiger partial charge in [0.1, 0.15) is 12.6 Å². The van der Waals surface area contributed by atoms with E-state index in [9.17, 15) is 0 Å². The molecule has 0 bridgehead atoms. The Bertz CT molecular complexity index is 70.1. The summed E-state index contributed by atoms with van der Waals surface area (Å²) in [5.74, 6) is 0. The fraction of sp³-hybridized carbons (Fsp3) is 0.250. The van der Waals surface area contributed by atoms with Crippen LogP contribution in [0.2, 0.25) is 0 Å². The Kier molecular flexibility index (Phi) is 4.30. The normalized spacial score (nSPS) is 8.71. The summed E-state index contributed by atoms with van der Waals surface area (Å²) in [6, 6.07) is 0. The lowest BCUT2D eigenvalue weighted by Crippen LogP contribution is -2.06. The molecule has 0 atom stereocenters. The van der Waals surface area contributed by atoms with Crippen molar-refractivity contribution >= 4 is 6.34 Å². The van der Waals surface area contributed by atoms with Crippen LogP contribution in [0.5, 0.6) is 0 Å². The van der Waals surface area contributed by atoms with Crippen molar-refractivity contribution < 1.29 is 4.84 Å². The zero-order chi connectivity index (χ0) is 5.54. The van der Waals surface area contributed by atoms with Crippen LogP contribution in [0, 0.1) is 0 Å². The van der Waals surface area contributed by atoms with Crippen LogP contribution in [0.1, 0.15) is 0 Å². The van der Waals surface area contributed by atoms with Gasteiger partial charge >= 0.3 is 0 Å². The first kappa shape index (κ1) is 6.01. The van der Waals surface area contributed by atoms with Gasteiger partial charge in [0.15, 0.2) is 0 Å². The predicted molar refractivity (Wildman–Crippen MR) is 28.8 cm³/mol. The maximum Gasteiger partial charge on any atom is 0.118 e. The molecular formula is C4H8N2O. The molecule has 7 heavy (non-hydrogen) atoms. The van der Waals surface area contributed by atoms with E-state index >= 15 is 0 Å². The van der Waals surface area contributed by atoms with E-state index in [1.54, 1.807) is 7.05 Å². The van der Waals surface area contributed by atoms with E-state index in [1.807, 2.05) is 0 Å². The predicted octanol–water partition coefficient (Wildman–Crippen LogP) is 0.309. The van der Waals surface area contributed by atoms with Gasteiger partial charge in [0.25, 0.3) is 0 Å². The van der Waals surface area contributed by atoms with Crippen LogP contribution in [0.4, 0.5) is 0 Å². The van der Waals surface area contributed by atoms with Crippen molar-refractivity contribution in [2.75, 3.05) is 7.05 Å². The molecule has 1 N–H and O–H groups in total. The first-order chi connectivity index (χ1) is 3.41. The summed E-state index contributed by atoms with van der Waals surface area (Å²) >= 11 is 0. The highest BCUT2D eigenvalue weighted by Gasteiger charge is 1.60. The number of nitrogens with one attached hydrogen (secondary N) is 1. The zero-order valence-electron chi connectivity index (χ0n) is 4.22. The highest BCUT2D eigenvalue weighted by atomic mass is 16.6. The van der Waals surface area contributed by atoms with Crippen LogP contribution in [0.15, 0.2) is 17.8 Å². The van der Waals surface area contributed by atoms with E-state index in [1.165, 1.54) is 12.6 Å². The van der Waals surface area contributed by atoms with Crippen molar-refractivity contribution in [1.82, 2.24) is 5.48 Å². The lowest BCUT2D eigenvalue weighted by Gasteiger charge is -1.91. The Labute approximate surface area is 42.7 Å². The fourth-order valence-electron chi connectivity index (χ4n) is 0.131. The van der Waals surface area contributed by atoms with Crippen LogP contribution in [-0.4, -0.2) is 13.4 Å². The second-order valence-corrected chi connectivity index (χ2v) is 0.790. The maximum atomic E-state index is 4.44. The molecule has 0 unspecified atom stereocenters. The van der Waals surface area contributed by atoms with Crippen molar-refractivity contribution in [3.63, 3.8) is 0 Å². The molecule has 0 radical (unpaired) electrons. The fourth-order valence-corrected chi connectivity index (χ4v) is 0.131. The molecular weight excluding hydrogens is 92.1 g/mol. The van der Waals surface area contributed by atoms with Gasteiger partial charge in [0, 0.05) is 7.05 Å². The number of aliphatic imine (C=N–C) groups is 1. The van der Waals surface area contributed by atoms with Crippen molar-refractivity contribution in [3.05, 3.63) is 12.8 Å². The number of nitrogens with zero attached hydrogens (tertiary/aromatic N) is 1. The molecule has 0 aromatic heterocycles. The highest BCUT2D eigenvalue weighted by Crippen LogP contribution is 1.57. The molecule has 0 fully saturated rings. The summed E-state index contributed by atoms with van der Waals surface area (Å²) in [7, 11) is 1.64. The minimum Gasteiger partial charge on any atom is -0.390 e. The molecule has 0 rings (SSSR count). The highest BCUT2D eigenvalue weighted by molar-refractivity contribution is 5.52. The summed E-state index contributed by atoms with van der Waals surface area (Å²) in [4.78, 5) is 8.00. The van der Waals surface area contributed by atoms with Gasteiger partial charge < -0.3 is 4.84 Å². The summed E-state index contributed by atoms with van der Waals surface area (Å²) < 4.78 is 0. The smallest absolute Gasteiger partial charge is 0.118 e. The third-order valence-electron chi connectivity index (χ3n) is 0.333. The minimum atomic E-state index is 1.28. The van der Waals surface area contributed by atoms with E-state index in [4.69, 9.17) is 0 Å². The molecule has 0 heterocycles. The molecule has 0 saturated heterocycles. The Morgan fingerprint density at radius 1 is 1.86 bits per heavy atom. The largest absolute Gasteiger partial charge is 0.390 e. The molecule has 0 aliphatic carbocycles. The molecule has 0 amide bonds. The SMILES string of the molecule is C=CONC=NC. The number of rotatable bonds is 3. The summed E-state index contributed by atoms with van der Waals surface area (Å²) in [5, 5.41) is 0. The lowest BCUT2D eigenvalue weighted by molar-refractivity contribution is 0.199. The van der Waals surface area contributed by atoms with Gasteiger partial charge in [-0.2, -0.15) is 0 Å². The quantitative estimate of drug-likeness (QED) is 0.182. The number of hydrogen-bond donors (Lipinski definition) is 1. The average molecular weight is 100 g/mol. The van der Waals surface area contributed by atoms with Crippen molar-refractivity contribution in [2.45, 2.75) is 0 Å². The van der Waals surface area contributed by atoms with Gasteiger partial charge in [-0.15, -0.1) is 0 Å². The third-order valence-corrected chi connectivity index (χ3v) is 0.333. The maximum absolute atomic E-state index is 4.44. The van der Waals surface area contributed by atoms with Gasteiger partial charge in [-0.05, 0) is 0 Å². The number of hydrogen-bond acceptors (Lipinski definition) is 2. The van der Waals surface area contributed by atoms with Crippen LogP contribution < -0.4 is 5.48 Å². The molecule has 0 aliphatic heterocycles. The van der Waals surface area contributed by atoms with Gasteiger partial charge in [-0.25, -0.2) is 5.48 Å². The standard InChI is InChI=1S/C4H8N2O/c1-3-7-6-4-5-2/h3-4H,1H2,2H3,(H,5,6). The molecule has 0 aromatic carbocycles. The molecule has 0 saturated carbocycles. The van der Waals surface area contributed by atoms with Crippen LogP contribution >= 0.6 is 0 Å². The monoisotopic (exact) mass is 100 g/mol. The molecule has 40 valence electrons. The second kappa shape index (κ2) is 5.01. The molecule has 0 aromatic rings. The Hall–Kier alpha value is -0.990. The molecule has 0 aliphatic rings. The topological polar surface area (TPSA) is 33.6 Å². The molecule has 3 nitrogen and oxygen atoms in total. The van der Waals surface area contributed by atoms with E-state index < -0.39 is 0 Å². The van der Waals surface area contributed by atoms with E-state index in [2.05, 4.69) is 21.9 Å². The lowest BCUT2D eigenvalue weighted by atomic mass is 11.2. The summed E-state index contributed by atoms with van der Waals surface area (Å²) in [6.07, 6.45) is 2.70. The average Bonchev–Trinajstić information content (AvgIpc) is 1.69. The van der Waals surface area contributed by atoms with Gasteiger partial charge in [0.2, 0.25) is 0 Å². The second-order valence-electron chi connectivity index (χ2n) is 0.790. The number of hydroxylamine groups is 1. The van der Waals surface area contributed by atoms with Gasteiger partial charge in [0.05, 0.1) is 0 Å². The van der Waals surface area contributed by atoms with E-state index in [-0.39, 0.29) is 0 Å². The molecule has 0 spiro atoms. The van der Waals surface area contributed by atoms with Crippen LogP contribution in [-0.2, 0) is 4.84 Å². The van der Waals surface area contributed by atoms with Crippen molar-refractivity contribution in [3.8, 4) is 0 Å². The Morgan fingerprint density at radius 3 is 3.00 bits per heavy atom. The van der Waals surface area contributed by atoms with Gasteiger partial charge in [-0.1, -0.05) is 6.58 Å². The first-order valence-corrected chi connectivity index (χ1v) is 1.84. The van der Waals surface area contributed by atoms with E-state index in [0.29, 0.717) is 0 Å².